The zero-order chi connectivity index (χ0) is 13.7. The van der Waals surface area contributed by atoms with Crippen LogP contribution in [-0.4, -0.2) is 39.2 Å². The molecule has 3 atom stereocenters. The van der Waals surface area contributed by atoms with E-state index < -0.39 is 12.2 Å². The number of azide groups is 1. The van der Waals surface area contributed by atoms with Crippen molar-refractivity contribution in [3.8, 4) is 0 Å². The minimum atomic E-state index is -1.14. The predicted molar refractivity (Wildman–Crippen MR) is 66.0 cm³/mol. The Bertz CT molecular complexity index is 451. The Morgan fingerprint density at radius 3 is 3.11 bits per heavy atom. The molecule has 1 aliphatic rings. The first kappa shape index (κ1) is 13.8. The molecule has 0 spiro atoms. The molecule has 2 heterocycles. The lowest BCUT2D eigenvalue weighted by molar-refractivity contribution is -0.0398. The zero-order valence-electron chi connectivity index (χ0n) is 10.5. The first-order valence-corrected chi connectivity index (χ1v) is 6.25. The van der Waals surface area contributed by atoms with Gasteiger partial charge in [0.15, 0.2) is 0 Å². The van der Waals surface area contributed by atoms with Gasteiger partial charge in [0.2, 0.25) is 0 Å². The minimum absolute atomic E-state index is 0.107. The van der Waals surface area contributed by atoms with Gasteiger partial charge in [0.1, 0.15) is 12.3 Å². The molecule has 0 radical (unpaired) electrons. The average Bonchev–Trinajstić information content (AvgIpc) is 2.94. The first-order valence-electron chi connectivity index (χ1n) is 6.25. The van der Waals surface area contributed by atoms with Crippen molar-refractivity contribution in [3.63, 3.8) is 0 Å². The van der Waals surface area contributed by atoms with E-state index >= 15 is 0 Å². The summed E-state index contributed by atoms with van der Waals surface area (Å²) in [5, 5.41) is 26.9. The van der Waals surface area contributed by atoms with Gasteiger partial charge in [-0.25, -0.2) is 4.68 Å². The van der Waals surface area contributed by atoms with Crippen molar-refractivity contribution in [3.05, 3.63) is 28.4 Å². The Hall–Kier alpha value is -1.60. The summed E-state index contributed by atoms with van der Waals surface area (Å²) in [7, 11) is 0. The van der Waals surface area contributed by atoms with Crippen molar-refractivity contribution in [1.29, 1.82) is 0 Å². The van der Waals surface area contributed by atoms with Gasteiger partial charge in [-0.05, 0) is 24.8 Å². The average molecular weight is 267 g/mol. The second-order valence-electron chi connectivity index (χ2n) is 4.50. The van der Waals surface area contributed by atoms with E-state index in [-0.39, 0.29) is 12.8 Å². The number of hydrogen-bond acceptors (Lipinski definition) is 5. The number of ether oxygens (including phenoxy) is 1. The molecule has 1 aromatic heterocycles. The van der Waals surface area contributed by atoms with Crippen molar-refractivity contribution < 1.29 is 14.9 Å². The highest BCUT2D eigenvalue weighted by Crippen LogP contribution is 2.24. The summed E-state index contributed by atoms with van der Waals surface area (Å²) in [4.78, 5) is 2.54. The molecule has 0 bridgehead atoms. The van der Waals surface area contributed by atoms with E-state index in [1.807, 2.05) is 0 Å². The third-order valence-electron chi connectivity index (χ3n) is 3.11. The van der Waals surface area contributed by atoms with Crippen LogP contribution in [0.5, 0.6) is 0 Å². The van der Waals surface area contributed by atoms with Gasteiger partial charge in [-0.15, -0.1) is 0 Å². The van der Waals surface area contributed by atoms with Crippen LogP contribution in [0.4, 0.5) is 0 Å². The van der Waals surface area contributed by atoms with Crippen molar-refractivity contribution >= 4 is 0 Å². The van der Waals surface area contributed by atoms with E-state index in [1.54, 1.807) is 10.9 Å². The number of nitrogens with zero attached hydrogens (tertiary/aromatic N) is 5. The molecule has 0 amide bonds. The van der Waals surface area contributed by atoms with Crippen molar-refractivity contribution in [2.45, 2.75) is 37.7 Å². The van der Waals surface area contributed by atoms with Gasteiger partial charge in [0.25, 0.3) is 0 Å². The van der Waals surface area contributed by atoms with E-state index in [0.29, 0.717) is 12.2 Å². The lowest BCUT2D eigenvalue weighted by atomic mass is 10.1. The highest BCUT2D eigenvalue weighted by molar-refractivity contribution is 5.10. The summed E-state index contributed by atoms with van der Waals surface area (Å²) in [5.74, 6) is 0. The van der Waals surface area contributed by atoms with E-state index in [4.69, 9.17) is 10.3 Å². The molecule has 2 N–H and O–H groups in total. The Morgan fingerprint density at radius 1 is 1.58 bits per heavy atom. The third-order valence-corrected chi connectivity index (χ3v) is 3.11. The molecule has 104 valence electrons. The fraction of sp³-hybridized carbons (Fsp3) is 0.727. The van der Waals surface area contributed by atoms with Gasteiger partial charge in [0, 0.05) is 23.3 Å². The van der Waals surface area contributed by atoms with Crippen molar-refractivity contribution in [2.24, 2.45) is 5.11 Å². The smallest absolute Gasteiger partial charge is 0.150 e. The van der Waals surface area contributed by atoms with E-state index in [1.165, 1.54) is 6.20 Å². The van der Waals surface area contributed by atoms with Crippen molar-refractivity contribution in [2.75, 3.05) is 13.2 Å². The monoisotopic (exact) mass is 267 g/mol. The molecule has 19 heavy (non-hydrogen) atoms. The van der Waals surface area contributed by atoms with Crippen LogP contribution >= 0.6 is 0 Å². The van der Waals surface area contributed by atoms with Gasteiger partial charge in [0.05, 0.1) is 18.8 Å². The highest BCUT2D eigenvalue weighted by atomic mass is 16.5. The molecule has 2 rings (SSSR count). The highest BCUT2D eigenvalue weighted by Gasteiger charge is 2.22. The van der Waals surface area contributed by atoms with Crippen LogP contribution in [0.15, 0.2) is 17.5 Å². The topological polar surface area (TPSA) is 116 Å². The Morgan fingerprint density at radius 2 is 2.42 bits per heavy atom. The van der Waals surface area contributed by atoms with Crippen molar-refractivity contribution in [1.82, 2.24) is 9.78 Å². The Labute approximate surface area is 110 Å². The van der Waals surface area contributed by atoms with Gasteiger partial charge in [-0.2, -0.15) is 5.10 Å². The summed E-state index contributed by atoms with van der Waals surface area (Å²) >= 11 is 0. The van der Waals surface area contributed by atoms with E-state index in [2.05, 4.69) is 15.1 Å². The summed E-state index contributed by atoms with van der Waals surface area (Å²) < 4.78 is 7.22. The molecule has 0 aromatic carbocycles. The fourth-order valence-corrected chi connectivity index (χ4v) is 2.04. The minimum Gasteiger partial charge on any atom is -0.390 e. The Balaban J connectivity index is 2.00. The quantitative estimate of drug-likeness (QED) is 0.475. The van der Waals surface area contributed by atoms with Crippen LogP contribution in [-0.2, 0) is 4.74 Å². The summed E-state index contributed by atoms with van der Waals surface area (Å²) in [6.45, 7) is 0.532. The fourth-order valence-electron chi connectivity index (χ4n) is 2.04. The second-order valence-corrected chi connectivity index (χ2v) is 4.50. The molecule has 2 unspecified atom stereocenters. The molecule has 1 saturated heterocycles. The normalized spacial score (nSPS) is 22.5. The first-order chi connectivity index (χ1) is 9.22. The maximum absolute atomic E-state index is 9.90. The SMILES string of the molecule is [N-]=[N+]=NCC(O)C(O)c1cnn([C@@H]2CCCCO2)c1. The van der Waals surface area contributed by atoms with Crippen LogP contribution in [0.3, 0.4) is 0 Å². The maximum atomic E-state index is 9.90. The lowest BCUT2D eigenvalue weighted by Crippen LogP contribution is -2.21. The zero-order valence-corrected chi connectivity index (χ0v) is 10.5. The van der Waals surface area contributed by atoms with Gasteiger partial charge < -0.3 is 14.9 Å². The summed E-state index contributed by atoms with van der Waals surface area (Å²) in [6, 6.07) is 0. The number of hydrogen-bond donors (Lipinski definition) is 2. The molecule has 1 aliphatic heterocycles. The maximum Gasteiger partial charge on any atom is 0.150 e. The van der Waals surface area contributed by atoms with Gasteiger partial charge >= 0.3 is 0 Å². The third kappa shape index (κ3) is 3.45. The number of aromatic nitrogens is 2. The summed E-state index contributed by atoms with van der Waals surface area (Å²) in [5.41, 5.74) is 8.66. The van der Waals surface area contributed by atoms with Crippen LogP contribution in [0.1, 0.15) is 37.2 Å². The Kier molecular flexibility index (Phi) is 4.75. The van der Waals surface area contributed by atoms with Crippen LogP contribution in [0.25, 0.3) is 10.4 Å². The number of rotatable bonds is 5. The summed E-state index contributed by atoms with van der Waals surface area (Å²) in [6.07, 6.45) is 3.80. The lowest BCUT2D eigenvalue weighted by Gasteiger charge is -2.22. The number of aliphatic hydroxyl groups is 2. The van der Waals surface area contributed by atoms with Crippen LogP contribution < -0.4 is 0 Å². The van der Waals surface area contributed by atoms with E-state index in [0.717, 1.165) is 19.3 Å². The number of aliphatic hydroxyl groups excluding tert-OH is 2. The van der Waals surface area contributed by atoms with Gasteiger partial charge in [-0.3, -0.25) is 0 Å². The van der Waals surface area contributed by atoms with Gasteiger partial charge in [-0.1, -0.05) is 5.11 Å². The molecular weight excluding hydrogens is 250 g/mol. The molecule has 1 aromatic rings. The molecular formula is C11H17N5O3. The second kappa shape index (κ2) is 6.53. The largest absolute Gasteiger partial charge is 0.390 e. The molecule has 8 heteroatoms. The van der Waals surface area contributed by atoms with Crippen LogP contribution in [0.2, 0.25) is 0 Å². The molecule has 0 aliphatic carbocycles. The molecule has 1 fully saturated rings. The predicted octanol–water partition coefficient (Wildman–Crippen LogP) is 1.29. The molecule has 0 saturated carbocycles. The molecule has 8 nitrogen and oxygen atoms in total. The van der Waals surface area contributed by atoms with Crippen LogP contribution in [0, 0.1) is 0 Å². The van der Waals surface area contributed by atoms with E-state index in [9.17, 15) is 10.2 Å². The standard InChI is InChI=1S/C11H17N5O3/c12-15-13-6-9(17)11(18)8-5-14-16(7-8)10-3-1-2-4-19-10/h5,7,9-11,17-18H,1-4,6H2/t9?,10-,11?/m0/s1.